The standard InChI is InChI=1S/C15H21NO2/c1-12-5-2-3-7-14(12)15(17)10-16-9-13-6-4-8-18-11-13/h2-3,5-7,15-17H,4,8-11H2,1H3. The number of hydrogen-bond acceptors (Lipinski definition) is 3. The Hall–Kier alpha value is -1.16. The lowest BCUT2D eigenvalue weighted by Gasteiger charge is -2.17. The molecule has 0 spiro atoms. The Labute approximate surface area is 108 Å². The van der Waals surface area contributed by atoms with Gasteiger partial charge in [0, 0.05) is 13.1 Å². The van der Waals surface area contributed by atoms with Gasteiger partial charge >= 0.3 is 0 Å². The second kappa shape index (κ2) is 6.69. The molecule has 3 nitrogen and oxygen atoms in total. The molecular formula is C15H21NO2. The van der Waals surface area contributed by atoms with Crippen molar-refractivity contribution in [2.45, 2.75) is 19.4 Å². The van der Waals surface area contributed by atoms with Gasteiger partial charge in [-0.05, 0) is 30.0 Å². The van der Waals surface area contributed by atoms with Crippen LogP contribution in [-0.2, 0) is 4.74 Å². The molecule has 0 aromatic heterocycles. The van der Waals surface area contributed by atoms with Crippen molar-refractivity contribution >= 4 is 0 Å². The summed E-state index contributed by atoms with van der Waals surface area (Å²) in [6.07, 6.45) is 2.77. The Balaban J connectivity index is 1.80. The van der Waals surface area contributed by atoms with Crippen molar-refractivity contribution in [3.63, 3.8) is 0 Å². The van der Waals surface area contributed by atoms with Crippen molar-refractivity contribution in [3.8, 4) is 0 Å². The Morgan fingerprint density at radius 2 is 2.22 bits per heavy atom. The number of rotatable bonds is 5. The molecule has 1 aliphatic heterocycles. The molecule has 1 aromatic carbocycles. The fraction of sp³-hybridized carbons (Fsp3) is 0.467. The van der Waals surface area contributed by atoms with E-state index < -0.39 is 6.10 Å². The van der Waals surface area contributed by atoms with E-state index >= 15 is 0 Å². The summed E-state index contributed by atoms with van der Waals surface area (Å²) in [5.74, 6) is 0. The van der Waals surface area contributed by atoms with Crippen LogP contribution in [0.15, 0.2) is 35.9 Å². The lowest BCUT2D eigenvalue weighted by molar-refractivity contribution is 0.146. The van der Waals surface area contributed by atoms with Crippen LogP contribution >= 0.6 is 0 Å². The Morgan fingerprint density at radius 1 is 1.39 bits per heavy atom. The highest BCUT2D eigenvalue weighted by atomic mass is 16.5. The van der Waals surface area contributed by atoms with Crippen LogP contribution in [0.25, 0.3) is 0 Å². The predicted octanol–water partition coefficient (Wildman–Crippen LogP) is 1.96. The highest BCUT2D eigenvalue weighted by Gasteiger charge is 2.10. The Bertz CT molecular complexity index is 415. The van der Waals surface area contributed by atoms with E-state index in [0.717, 1.165) is 30.7 Å². The van der Waals surface area contributed by atoms with Crippen LogP contribution in [0.3, 0.4) is 0 Å². The lowest BCUT2D eigenvalue weighted by atomic mass is 10.0. The van der Waals surface area contributed by atoms with Crippen molar-refractivity contribution < 1.29 is 9.84 Å². The maximum Gasteiger partial charge on any atom is 0.0917 e. The summed E-state index contributed by atoms with van der Waals surface area (Å²) in [7, 11) is 0. The van der Waals surface area contributed by atoms with E-state index in [-0.39, 0.29) is 0 Å². The van der Waals surface area contributed by atoms with Crippen LogP contribution < -0.4 is 5.32 Å². The highest BCUT2D eigenvalue weighted by molar-refractivity contribution is 5.27. The van der Waals surface area contributed by atoms with Crippen LogP contribution in [-0.4, -0.2) is 31.4 Å². The number of aryl methyl sites for hydroxylation is 1. The lowest BCUT2D eigenvalue weighted by Crippen LogP contribution is -2.26. The van der Waals surface area contributed by atoms with Gasteiger partial charge in [-0.2, -0.15) is 0 Å². The molecule has 0 saturated heterocycles. The molecule has 2 N–H and O–H groups in total. The molecule has 0 amide bonds. The number of hydrogen-bond donors (Lipinski definition) is 2. The monoisotopic (exact) mass is 247 g/mol. The summed E-state index contributed by atoms with van der Waals surface area (Å²) in [5.41, 5.74) is 3.41. The van der Waals surface area contributed by atoms with Crippen LogP contribution in [0.2, 0.25) is 0 Å². The number of aliphatic hydroxyl groups excluding tert-OH is 1. The van der Waals surface area contributed by atoms with Crippen LogP contribution in [0.5, 0.6) is 0 Å². The van der Waals surface area contributed by atoms with E-state index in [4.69, 9.17) is 4.74 Å². The molecule has 1 heterocycles. The van der Waals surface area contributed by atoms with E-state index in [9.17, 15) is 5.11 Å². The van der Waals surface area contributed by atoms with Crippen molar-refractivity contribution in [2.75, 3.05) is 26.3 Å². The molecule has 98 valence electrons. The molecule has 0 aliphatic carbocycles. The van der Waals surface area contributed by atoms with Crippen molar-refractivity contribution in [1.29, 1.82) is 0 Å². The molecular weight excluding hydrogens is 226 g/mol. The molecule has 0 bridgehead atoms. The molecule has 0 saturated carbocycles. The van der Waals surface area contributed by atoms with E-state index in [2.05, 4.69) is 11.4 Å². The van der Waals surface area contributed by atoms with E-state index in [1.807, 2.05) is 31.2 Å². The average Bonchev–Trinajstić information content (AvgIpc) is 2.40. The van der Waals surface area contributed by atoms with Crippen molar-refractivity contribution in [3.05, 3.63) is 47.0 Å². The molecule has 1 aliphatic rings. The molecule has 1 unspecified atom stereocenters. The predicted molar refractivity (Wildman–Crippen MR) is 72.5 cm³/mol. The normalized spacial score (nSPS) is 17.3. The van der Waals surface area contributed by atoms with Crippen molar-refractivity contribution in [2.24, 2.45) is 0 Å². The molecule has 1 aromatic rings. The van der Waals surface area contributed by atoms with E-state index in [0.29, 0.717) is 13.2 Å². The molecule has 2 rings (SSSR count). The second-order valence-corrected chi connectivity index (χ2v) is 4.71. The summed E-state index contributed by atoms with van der Waals surface area (Å²) in [4.78, 5) is 0. The van der Waals surface area contributed by atoms with Crippen LogP contribution in [0.4, 0.5) is 0 Å². The first kappa shape index (κ1) is 13.3. The number of aliphatic hydroxyl groups is 1. The van der Waals surface area contributed by atoms with E-state index in [1.165, 1.54) is 5.57 Å². The van der Waals surface area contributed by atoms with Gasteiger partial charge in [0.1, 0.15) is 0 Å². The SMILES string of the molecule is Cc1ccccc1C(O)CNCC1=CCCOC1. The summed E-state index contributed by atoms with van der Waals surface area (Å²) >= 11 is 0. The minimum absolute atomic E-state index is 0.448. The number of ether oxygens (including phenoxy) is 1. The van der Waals surface area contributed by atoms with Gasteiger partial charge in [0.05, 0.1) is 19.3 Å². The minimum atomic E-state index is -0.448. The van der Waals surface area contributed by atoms with Crippen LogP contribution in [0, 0.1) is 6.92 Å². The van der Waals surface area contributed by atoms with Gasteiger partial charge in [0.2, 0.25) is 0 Å². The third-order valence-electron chi connectivity index (χ3n) is 3.22. The van der Waals surface area contributed by atoms with Gasteiger partial charge in [-0.15, -0.1) is 0 Å². The fourth-order valence-electron chi connectivity index (χ4n) is 2.17. The number of nitrogens with one attached hydrogen (secondary N) is 1. The quantitative estimate of drug-likeness (QED) is 0.782. The van der Waals surface area contributed by atoms with Gasteiger partial charge in [0.15, 0.2) is 0 Å². The summed E-state index contributed by atoms with van der Waals surface area (Å²) in [6, 6.07) is 7.95. The van der Waals surface area contributed by atoms with Gasteiger partial charge in [0.25, 0.3) is 0 Å². The molecule has 3 heteroatoms. The Kier molecular flexibility index (Phi) is 4.93. The Morgan fingerprint density at radius 3 is 2.94 bits per heavy atom. The average molecular weight is 247 g/mol. The zero-order valence-electron chi connectivity index (χ0n) is 10.9. The third-order valence-corrected chi connectivity index (χ3v) is 3.22. The highest BCUT2D eigenvalue weighted by Crippen LogP contribution is 2.16. The summed E-state index contributed by atoms with van der Waals surface area (Å²) in [6.45, 7) is 4.93. The maximum absolute atomic E-state index is 10.1. The fourth-order valence-corrected chi connectivity index (χ4v) is 2.17. The van der Waals surface area contributed by atoms with Crippen LogP contribution in [0.1, 0.15) is 23.7 Å². The van der Waals surface area contributed by atoms with Gasteiger partial charge < -0.3 is 15.2 Å². The summed E-state index contributed by atoms with van der Waals surface area (Å²) < 4.78 is 5.37. The van der Waals surface area contributed by atoms with Gasteiger partial charge in [-0.3, -0.25) is 0 Å². The topological polar surface area (TPSA) is 41.5 Å². The van der Waals surface area contributed by atoms with Gasteiger partial charge in [-0.25, -0.2) is 0 Å². The molecule has 0 fully saturated rings. The van der Waals surface area contributed by atoms with Crippen molar-refractivity contribution in [1.82, 2.24) is 5.32 Å². The first-order valence-electron chi connectivity index (χ1n) is 6.47. The first-order valence-corrected chi connectivity index (χ1v) is 6.47. The van der Waals surface area contributed by atoms with Gasteiger partial charge in [-0.1, -0.05) is 30.3 Å². The molecule has 1 atom stereocenters. The number of benzene rings is 1. The zero-order chi connectivity index (χ0) is 12.8. The summed E-state index contributed by atoms with van der Waals surface area (Å²) in [5, 5.41) is 13.4. The maximum atomic E-state index is 10.1. The smallest absolute Gasteiger partial charge is 0.0917 e. The second-order valence-electron chi connectivity index (χ2n) is 4.71. The molecule has 0 radical (unpaired) electrons. The first-order chi connectivity index (χ1) is 8.77. The minimum Gasteiger partial charge on any atom is -0.387 e. The zero-order valence-corrected chi connectivity index (χ0v) is 10.9. The van der Waals surface area contributed by atoms with E-state index in [1.54, 1.807) is 0 Å². The third kappa shape index (κ3) is 3.67. The largest absolute Gasteiger partial charge is 0.387 e. The molecule has 18 heavy (non-hydrogen) atoms.